The van der Waals surface area contributed by atoms with Crippen LogP contribution in [0.15, 0.2) is 41.6 Å². The number of rotatable bonds is 5. The van der Waals surface area contributed by atoms with Gasteiger partial charge in [0.05, 0.1) is 21.5 Å². The molecule has 1 saturated carbocycles. The van der Waals surface area contributed by atoms with Gasteiger partial charge in [0.2, 0.25) is 10.0 Å². The first kappa shape index (κ1) is 19.8. The van der Waals surface area contributed by atoms with E-state index in [1.807, 2.05) is 10.5 Å². The fourth-order valence-corrected chi connectivity index (χ4v) is 5.56. The molecular weight excluding hydrogens is 446 g/mol. The van der Waals surface area contributed by atoms with Crippen molar-refractivity contribution in [1.82, 2.24) is 29.3 Å². The van der Waals surface area contributed by atoms with Crippen LogP contribution in [-0.2, 0) is 10.0 Å². The van der Waals surface area contributed by atoms with Gasteiger partial charge in [-0.1, -0.05) is 11.6 Å². The fourth-order valence-electron chi connectivity index (χ4n) is 4.07. The molecule has 31 heavy (non-hydrogen) atoms. The van der Waals surface area contributed by atoms with Crippen molar-refractivity contribution >= 4 is 44.1 Å². The lowest BCUT2D eigenvalue weighted by Gasteiger charge is -2.14. The second-order valence-corrected chi connectivity index (χ2v) is 9.54. The quantitative estimate of drug-likeness (QED) is 0.343. The van der Waals surface area contributed by atoms with Crippen LogP contribution >= 0.6 is 11.6 Å². The molecule has 13 heteroatoms. The number of hydrogen-bond acceptors (Lipinski definition) is 7. The van der Waals surface area contributed by atoms with E-state index in [1.54, 1.807) is 12.4 Å². The molecule has 1 aliphatic carbocycles. The van der Waals surface area contributed by atoms with E-state index >= 15 is 0 Å². The number of nitrogens with zero attached hydrogens (tertiary/aromatic N) is 5. The summed E-state index contributed by atoms with van der Waals surface area (Å²) >= 11 is 5.79. The molecule has 0 spiro atoms. The molecule has 3 heterocycles. The van der Waals surface area contributed by atoms with Gasteiger partial charge in [-0.15, -0.1) is 10.2 Å². The molecule has 0 saturated heterocycles. The van der Waals surface area contributed by atoms with E-state index in [4.69, 9.17) is 11.6 Å². The summed E-state index contributed by atoms with van der Waals surface area (Å²) in [4.78, 5) is 17.5. The number of nitrogens with one attached hydrogen (secondary N) is 2. The number of aromatic amines is 1. The molecular formula is C18H16ClN7O4S. The van der Waals surface area contributed by atoms with E-state index in [0.29, 0.717) is 24.1 Å². The first-order valence-corrected chi connectivity index (χ1v) is 11.3. The summed E-state index contributed by atoms with van der Waals surface area (Å²) in [6.45, 7) is 0. The molecule has 2 N–H and O–H groups in total. The molecule has 1 fully saturated rings. The number of benzene rings is 1. The zero-order valence-corrected chi connectivity index (χ0v) is 17.5. The van der Waals surface area contributed by atoms with E-state index in [2.05, 4.69) is 24.9 Å². The van der Waals surface area contributed by atoms with Gasteiger partial charge in [0.1, 0.15) is 10.8 Å². The van der Waals surface area contributed by atoms with Gasteiger partial charge in [-0.05, 0) is 37.5 Å². The van der Waals surface area contributed by atoms with Crippen molar-refractivity contribution in [2.45, 2.75) is 36.1 Å². The summed E-state index contributed by atoms with van der Waals surface area (Å²) in [5, 5.41) is 19.5. The summed E-state index contributed by atoms with van der Waals surface area (Å²) in [6.07, 6.45) is 5.29. The van der Waals surface area contributed by atoms with Gasteiger partial charge in [-0.2, -0.15) is 0 Å². The number of fused-ring (bicyclic) bond motifs is 3. The van der Waals surface area contributed by atoms with Gasteiger partial charge >= 0.3 is 0 Å². The normalized spacial score (nSPS) is 19.4. The summed E-state index contributed by atoms with van der Waals surface area (Å²) in [5.74, 6) is 0.758. The standard InChI is InChI=1S/C18H16ClN7O4S/c19-13-4-3-12(8-15(13)26(27)28)31(29,30)24-11-2-1-10(7-11)18-23-22-16-9-21-17-14(25(16)18)5-6-20-17/h3-6,8-11,20,24H,1-2,7H2/t10-,11+/m1/s1. The van der Waals surface area contributed by atoms with Gasteiger partial charge in [-0.25, -0.2) is 18.1 Å². The molecule has 1 aromatic carbocycles. The van der Waals surface area contributed by atoms with Gasteiger partial charge < -0.3 is 4.98 Å². The van der Waals surface area contributed by atoms with E-state index in [1.165, 1.54) is 12.1 Å². The molecule has 3 aromatic heterocycles. The van der Waals surface area contributed by atoms with Gasteiger partial charge in [0, 0.05) is 24.2 Å². The lowest BCUT2D eigenvalue weighted by molar-refractivity contribution is -0.384. The van der Waals surface area contributed by atoms with Crippen molar-refractivity contribution < 1.29 is 13.3 Å². The van der Waals surface area contributed by atoms with Gasteiger partial charge in [-0.3, -0.25) is 14.5 Å². The maximum absolute atomic E-state index is 12.8. The Balaban J connectivity index is 1.39. The summed E-state index contributed by atoms with van der Waals surface area (Å²) in [5.41, 5.74) is 1.75. The Kier molecular flexibility index (Phi) is 4.64. The zero-order valence-electron chi connectivity index (χ0n) is 15.9. The summed E-state index contributed by atoms with van der Waals surface area (Å²) in [6, 6.07) is 5.00. The molecule has 0 amide bonds. The molecule has 160 valence electrons. The minimum absolute atomic E-state index is 0.00255. The molecule has 0 bridgehead atoms. The summed E-state index contributed by atoms with van der Waals surface area (Å²) in [7, 11) is -3.95. The number of H-pyrrole nitrogens is 1. The summed E-state index contributed by atoms with van der Waals surface area (Å²) < 4.78 is 30.2. The lowest BCUT2D eigenvalue weighted by atomic mass is 10.1. The molecule has 1 aliphatic rings. The van der Waals surface area contributed by atoms with Crippen molar-refractivity contribution in [3.8, 4) is 0 Å². The van der Waals surface area contributed by atoms with Gasteiger partial charge in [0.15, 0.2) is 11.3 Å². The van der Waals surface area contributed by atoms with Crippen LogP contribution in [0.1, 0.15) is 31.0 Å². The molecule has 0 aliphatic heterocycles. The van der Waals surface area contributed by atoms with Crippen molar-refractivity contribution in [2.75, 3.05) is 0 Å². The molecule has 0 unspecified atom stereocenters. The Morgan fingerprint density at radius 3 is 2.90 bits per heavy atom. The smallest absolute Gasteiger partial charge is 0.289 e. The first-order chi connectivity index (χ1) is 14.8. The van der Waals surface area contributed by atoms with E-state index in [-0.39, 0.29) is 21.9 Å². The van der Waals surface area contributed by atoms with Crippen molar-refractivity contribution in [2.24, 2.45) is 0 Å². The van der Waals surface area contributed by atoms with Crippen LogP contribution in [0.2, 0.25) is 5.02 Å². The van der Waals surface area contributed by atoms with Crippen molar-refractivity contribution in [3.05, 3.63) is 57.6 Å². The maximum atomic E-state index is 12.8. The van der Waals surface area contributed by atoms with E-state index in [9.17, 15) is 18.5 Å². The number of sulfonamides is 1. The monoisotopic (exact) mass is 461 g/mol. The third-order valence-electron chi connectivity index (χ3n) is 5.51. The average Bonchev–Trinajstić information content (AvgIpc) is 3.45. The highest BCUT2D eigenvalue weighted by molar-refractivity contribution is 7.89. The highest BCUT2D eigenvalue weighted by Crippen LogP contribution is 2.35. The molecule has 4 aromatic rings. The predicted molar refractivity (Wildman–Crippen MR) is 111 cm³/mol. The van der Waals surface area contributed by atoms with Crippen LogP contribution in [-0.4, -0.2) is 43.9 Å². The molecule has 0 radical (unpaired) electrons. The van der Waals surface area contributed by atoms with Crippen LogP contribution in [0.4, 0.5) is 5.69 Å². The van der Waals surface area contributed by atoms with Crippen LogP contribution in [0.3, 0.4) is 0 Å². The lowest BCUT2D eigenvalue weighted by Crippen LogP contribution is -2.33. The Morgan fingerprint density at radius 2 is 2.10 bits per heavy atom. The number of halogens is 1. The topological polar surface area (TPSA) is 148 Å². The van der Waals surface area contributed by atoms with Crippen LogP contribution in [0.25, 0.3) is 16.8 Å². The average molecular weight is 462 g/mol. The van der Waals surface area contributed by atoms with Crippen LogP contribution < -0.4 is 4.72 Å². The molecule has 2 atom stereocenters. The zero-order chi connectivity index (χ0) is 21.8. The van der Waals surface area contributed by atoms with E-state index < -0.39 is 20.6 Å². The first-order valence-electron chi connectivity index (χ1n) is 9.47. The molecule has 11 nitrogen and oxygen atoms in total. The van der Waals surface area contributed by atoms with Crippen LogP contribution in [0, 0.1) is 10.1 Å². The number of hydrogen-bond donors (Lipinski definition) is 2. The maximum Gasteiger partial charge on any atom is 0.289 e. The second kappa shape index (κ2) is 7.25. The minimum atomic E-state index is -3.95. The number of nitro benzene ring substituents is 1. The number of nitro groups is 1. The SMILES string of the molecule is O=[N+]([O-])c1cc(S(=O)(=O)N[C@H]2CC[C@@H](c3nnc4cnc5[nH]ccc5n34)C2)ccc1Cl. The van der Waals surface area contributed by atoms with Gasteiger partial charge in [0.25, 0.3) is 5.69 Å². The highest BCUT2D eigenvalue weighted by Gasteiger charge is 2.33. The Morgan fingerprint density at radius 1 is 1.26 bits per heavy atom. The largest absolute Gasteiger partial charge is 0.345 e. The van der Waals surface area contributed by atoms with E-state index in [0.717, 1.165) is 23.8 Å². The van der Waals surface area contributed by atoms with Crippen LogP contribution in [0.5, 0.6) is 0 Å². The Hall–Kier alpha value is -3.09. The Bertz CT molecular complexity index is 1430. The third kappa shape index (κ3) is 3.42. The second-order valence-electron chi connectivity index (χ2n) is 7.42. The predicted octanol–water partition coefficient (Wildman–Crippen LogP) is 2.78. The minimum Gasteiger partial charge on any atom is -0.345 e. The molecule has 5 rings (SSSR count). The third-order valence-corrected chi connectivity index (χ3v) is 7.35. The Labute approximate surface area is 180 Å². The van der Waals surface area contributed by atoms with Crippen molar-refractivity contribution in [1.29, 1.82) is 0 Å². The number of aromatic nitrogens is 5. The fraction of sp³-hybridized carbons (Fsp3) is 0.278. The van der Waals surface area contributed by atoms with Crippen molar-refractivity contribution in [3.63, 3.8) is 0 Å². The highest BCUT2D eigenvalue weighted by atomic mass is 35.5.